The van der Waals surface area contributed by atoms with E-state index in [2.05, 4.69) is 18.7 Å². The highest BCUT2D eigenvalue weighted by Crippen LogP contribution is 2.40. The minimum atomic E-state index is -0.310. The topological polar surface area (TPSA) is 57.2 Å². The number of hydrogen-bond donors (Lipinski definition) is 0. The van der Waals surface area contributed by atoms with Crippen molar-refractivity contribution in [3.05, 3.63) is 53.3 Å². The number of carbonyl (C=O) groups excluding carboxylic acids is 1. The molecule has 1 atom stereocenters. The molecule has 1 aliphatic carbocycles. The first-order chi connectivity index (χ1) is 17.3. The predicted molar refractivity (Wildman–Crippen MR) is 136 cm³/mol. The Labute approximate surface area is 213 Å². The molecule has 1 amide bonds. The lowest BCUT2D eigenvalue weighted by Crippen LogP contribution is -2.46. The zero-order valence-electron chi connectivity index (χ0n) is 21.8. The maximum atomic E-state index is 13.8. The van der Waals surface area contributed by atoms with Crippen LogP contribution in [0.4, 0.5) is 4.39 Å². The molecule has 1 saturated carbocycles. The highest BCUT2D eigenvalue weighted by atomic mass is 19.1. The quantitative estimate of drug-likeness (QED) is 0.430. The van der Waals surface area contributed by atoms with Gasteiger partial charge in [0, 0.05) is 25.1 Å². The molecule has 1 saturated heterocycles. The van der Waals surface area contributed by atoms with Crippen LogP contribution in [0.2, 0.25) is 0 Å². The smallest absolute Gasteiger partial charge is 0.226 e. The summed E-state index contributed by atoms with van der Waals surface area (Å²) in [6.07, 6.45) is 5.84. The van der Waals surface area contributed by atoms with Crippen molar-refractivity contribution < 1.29 is 28.1 Å². The van der Waals surface area contributed by atoms with Crippen LogP contribution in [0.5, 0.6) is 17.2 Å². The third kappa shape index (κ3) is 6.30. The van der Waals surface area contributed by atoms with Gasteiger partial charge >= 0.3 is 0 Å². The minimum Gasteiger partial charge on any atom is -0.493 e. The lowest BCUT2D eigenvalue weighted by molar-refractivity contribution is -0.148. The highest BCUT2D eigenvalue weighted by molar-refractivity contribution is 5.79. The summed E-state index contributed by atoms with van der Waals surface area (Å²) in [4.78, 5) is 15.9. The van der Waals surface area contributed by atoms with E-state index in [0.717, 1.165) is 44.1 Å². The van der Waals surface area contributed by atoms with Crippen molar-refractivity contribution >= 4 is 5.91 Å². The Balaban J connectivity index is 1.57. The molecular formula is C29H38FNO5. The lowest BCUT2D eigenvalue weighted by Gasteiger charge is -2.39. The second kappa shape index (κ2) is 11.5. The van der Waals surface area contributed by atoms with Gasteiger partial charge in [0.15, 0.2) is 11.5 Å². The number of ether oxygens (including phenoxy) is 4. The molecule has 6 nitrogen and oxygen atoms in total. The third-order valence-electron chi connectivity index (χ3n) is 7.24. The monoisotopic (exact) mass is 499 g/mol. The molecule has 0 aromatic heterocycles. The lowest BCUT2D eigenvalue weighted by atomic mass is 9.87. The third-order valence-corrected chi connectivity index (χ3v) is 7.24. The molecule has 2 fully saturated rings. The van der Waals surface area contributed by atoms with Crippen molar-refractivity contribution in [2.45, 2.75) is 77.2 Å². The number of benzene rings is 2. The summed E-state index contributed by atoms with van der Waals surface area (Å²) in [6, 6.07) is 10.4. The molecule has 0 radical (unpaired) electrons. The van der Waals surface area contributed by atoms with Gasteiger partial charge in [-0.05, 0) is 74.9 Å². The van der Waals surface area contributed by atoms with Crippen LogP contribution in [0, 0.1) is 11.7 Å². The van der Waals surface area contributed by atoms with Crippen molar-refractivity contribution in [1.82, 2.24) is 4.90 Å². The number of carbonyl (C=O) groups is 1. The van der Waals surface area contributed by atoms with E-state index in [1.165, 1.54) is 12.1 Å². The van der Waals surface area contributed by atoms with Crippen LogP contribution in [-0.4, -0.2) is 43.3 Å². The summed E-state index contributed by atoms with van der Waals surface area (Å²) in [7, 11) is 3.16. The molecule has 2 aliphatic rings. The van der Waals surface area contributed by atoms with E-state index < -0.39 is 0 Å². The van der Waals surface area contributed by atoms with Gasteiger partial charge in [-0.3, -0.25) is 4.79 Å². The van der Waals surface area contributed by atoms with E-state index in [0.29, 0.717) is 36.0 Å². The molecule has 2 aromatic rings. The van der Waals surface area contributed by atoms with E-state index in [4.69, 9.17) is 18.9 Å². The van der Waals surface area contributed by atoms with Gasteiger partial charge in [0.1, 0.15) is 12.4 Å². The first kappa shape index (κ1) is 26.3. The number of amides is 1. The number of nitrogens with zero attached hydrogens (tertiary/aromatic N) is 1. The summed E-state index contributed by atoms with van der Waals surface area (Å²) >= 11 is 0. The maximum absolute atomic E-state index is 13.8. The fourth-order valence-electron chi connectivity index (χ4n) is 5.43. The minimum absolute atomic E-state index is 0.0352. The van der Waals surface area contributed by atoms with E-state index in [-0.39, 0.29) is 35.9 Å². The SMILES string of the molecule is COc1cc(CN(C(=O)C2CCOC(C)(C)C2)C2CCCC2)cc(OC)c1OCc1cccc(F)c1. The molecule has 7 heteroatoms. The van der Waals surface area contributed by atoms with Gasteiger partial charge in [0.25, 0.3) is 0 Å². The first-order valence-corrected chi connectivity index (χ1v) is 12.9. The van der Waals surface area contributed by atoms with E-state index in [1.807, 2.05) is 12.1 Å². The molecule has 0 spiro atoms. The van der Waals surface area contributed by atoms with E-state index in [9.17, 15) is 9.18 Å². The first-order valence-electron chi connectivity index (χ1n) is 12.9. The van der Waals surface area contributed by atoms with Gasteiger partial charge in [-0.25, -0.2) is 4.39 Å². The number of hydrogen-bond acceptors (Lipinski definition) is 5. The zero-order valence-corrected chi connectivity index (χ0v) is 21.8. The van der Waals surface area contributed by atoms with Crippen LogP contribution in [0.15, 0.2) is 36.4 Å². The van der Waals surface area contributed by atoms with Gasteiger partial charge in [0.2, 0.25) is 11.7 Å². The van der Waals surface area contributed by atoms with Crippen molar-refractivity contribution in [1.29, 1.82) is 0 Å². The normalized spacial score (nSPS) is 19.6. The Morgan fingerprint density at radius 1 is 1.06 bits per heavy atom. The number of methoxy groups -OCH3 is 2. The summed E-state index contributed by atoms with van der Waals surface area (Å²) in [5, 5.41) is 0. The fourth-order valence-corrected chi connectivity index (χ4v) is 5.43. The summed E-state index contributed by atoms with van der Waals surface area (Å²) in [6.45, 7) is 5.39. The van der Waals surface area contributed by atoms with Crippen LogP contribution < -0.4 is 14.2 Å². The number of halogens is 1. The van der Waals surface area contributed by atoms with Crippen LogP contribution in [0.25, 0.3) is 0 Å². The molecule has 4 rings (SSSR count). The van der Waals surface area contributed by atoms with Crippen molar-refractivity contribution in [3.63, 3.8) is 0 Å². The second-order valence-electron chi connectivity index (χ2n) is 10.5. The van der Waals surface area contributed by atoms with Gasteiger partial charge in [-0.1, -0.05) is 25.0 Å². The number of rotatable bonds is 9. The molecule has 1 heterocycles. The Bertz CT molecular complexity index is 1020. The van der Waals surface area contributed by atoms with Crippen molar-refractivity contribution in [2.24, 2.45) is 5.92 Å². The standard InChI is InChI=1S/C29H38FNO5/c1-29(2)17-22(12-13-36-29)28(32)31(24-10-5-6-11-24)18-21-15-25(33-3)27(26(16-21)34-4)35-19-20-8-7-9-23(30)14-20/h7-9,14-16,22,24H,5-6,10-13,17-19H2,1-4H3. The average molecular weight is 500 g/mol. The maximum Gasteiger partial charge on any atom is 0.226 e. The van der Waals surface area contributed by atoms with Crippen LogP contribution in [0.3, 0.4) is 0 Å². The van der Waals surface area contributed by atoms with Crippen LogP contribution in [-0.2, 0) is 22.7 Å². The predicted octanol–water partition coefficient (Wildman–Crippen LogP) is 5.90. The average Bonchev–Trinajstić information content (AvgIpc) is 3.39. The molecule has 0 bridgehead atoms. The molecular weight excluding hydrogens is 461 g/mol. The Morgan fingerprint density at radius 2 is 1.75 bits per heavy atom. The van der Waals surface area contributed by atoms with Crippen molar-refractivity contribution in [3.8, 4) is 17.2 Å². The summed E-state index contributed by atoms with van der Waals surface area (Å²) < 4.78 is 36.8. The summed E-state index contributed by atoms with van der Waals surface area (Å²) in [5.74, 6) is 1.36. The molecule has 36 heavy (non-hydrogen) atoms. The van der Waals surface area contributed by atoms with E-state index in [1.54, 1.807) is 26.4 Å². The molecule has 1 aliphatic heterocycles. The van der Waals surface area contributed by atoms with Crippen LogP contribution in [0.1, 0.15) is 63.5 Å². The highest BCUT2D eigenvalue weighted by Gasteiger charge is 2.37. The molecule has 1 unspecified atom stereocenters. The zero-order chi connectivity index (χ0) is 25.7. The Morgan fingerprint density at radius 3 is 2.36 bits per heavy atom. The fraction of sp³-hybridized carbons (Fsp3) is 0.552. The Kier molecular flexibility index (Phi) is 8.39. The Hall–Kier alpha value is -2.80. The summed E-state index contributed by atoms with van der Waals surface area (Å²) in [5.41, 5.74) is 1.35. The molecule has 196 valence electrons. The molecule has 2 aromatic carbocycles. The van der Waals surface area contributed by atoms with Gasteiger partial charge < -0.3 is 23.8 Å². The van der Waals surface area contributed by atoms with E-state index >= 15 is 0 Å². The van der Waals surface area contributed by atoms with Gasteiger partial charge in [-0.2, -0.15) is 0 Å². The van der Waals surface area contributed by atoms with Gasteiger partial charge in [-0.15, -0.1) is 0 Å². The molecule has 0 N–H and O–H groups in total. The van der Waals surface area contributed by atoms with Crippen molar-refractivity contribution in [2.75, 3.05) is 20.8 Å². The second-order valence-corrected chi connectivity index (χ2v) is 10.5. The van der Waals surface area contributed by atoms with Gasteiger partial charge in [0.05, 0.1) is 19.8 Å². The largest absolute Gasteiger partial charge is 0.493 e. The van der Waals surface area contributed by atoms with Crippen LogP contribution >= 0.6 is 0 Å².